The molecule has 4 rings (SSSR count). The van der Waals surface area contributed by atoms with E-state index in [0.717, 1.165) is 24.3 Å². The summed E-state index contributed by atoms with van der Waals surface area (Å²) >= 11 is 0. The zero-order chi connectivity index (χ0) is 26.6. The number of rotatable bonds is 4. The molecule has 198 valence electrons. The number of methoxy groups -OCH3 is 1. The Balaban J connectivity index is 1.59. The minimum absolute atomic E-state index is 0.00676. The highest BCUT2D eigenvalue weighted by Crippen LogP contribution is 2.30. The van der Waals surface area contributed by atoms with Gasteiger partial charge in [-0.25, -0.2) is 4.79 Å². The highest BCUT2D eigenvalue weighted by Gasteiger charge is 2.25. The number of hydrogen-bond acceptors (Lipinski definition) is 6. The molecule has 2 aromatic carbocycles. The number of carbonyl (C=O) groups is 3. The van der Waals surface area contributed by atoms with Crippen LogP contribution in [0.2, 0.25) is 0 Å². The molecule has 2 aliphatic heterocycles. The molecule has 0 aliphatic carbocycles. The van der Waals surface area contributed by atoms with Crippen LogP contribution in [0.25, 0.3) is 0 Å². The molecule has 2 heterocycles. The Hall–Kier alpha value is -3.59. The maximum Gasteiger partial charge on any atom is 0.409 e. The fourth-order valence-corrected chi connectivity index (χ4v) is 4.67. The minimum Gasteiger partial charge on any atom is -0.453 e. The van der Waals surface area contributed by atoms with Crippen LogP contribution >= 0.6 is 0 Å². The van der Waals surface area contributed by atoms with Crippen LogP contribution in [0.1, 0.15) is 47.1 Å². The van der Waals surface area contributed by atoms with Crippen molar-refractivity contribution in [2.24, 2.45) is 0 Å². The average Bonchev–Trinajstić information content (AvgIpc) is 2.92. The lowest BCUT2D eigenvalue weighted by Gasteiger charge is -2.36. The van der Waals surface area contributed by atoms with Crippen molar-refractivity contribution in [2.45, 2.75) is 26.2 Å². The minimum atomic E-state index is -0.344. The Morgan fingerprint density at radius 2 is 1.46 bits per heavy atom. The second kappa shape index (κ2) is 11.2. The van der Waals surface area contributed by atoms with Gasteiger partial charge in [0.25, 0.3) is 11.8 Å². The van der Waals surface area contributed by atoms with Gasteiger partial charge in [0.05, 0.1) is 18.5 Å². The number of carbonyl (C=O) groups excluding carboxylic acids is 3. The van der Waals surface area contributed by atoms with Crippen LogP contribution in [-0.4, -0.2) is 87.2 Å². The predicted molar refractivity (Wildman–Crippen MR) is 145 cm³/mol. The summed E-state index contributed by atoms with van der Waals surface area (Å²) in [5.74, 6) is -0.282. The summed E-state index contributed by atoms with van der Waals surface area (Å²) in [6.45, 7) is 11.4. The molecule has 0 aromatic heterocycles. The lowest BCUT2D eigenvalue weighted by molar-refractivity contribution is 0.0735. The molecule has 0 spiro atoms. The van der Waals surface area contributed by atoms with Crippen LogP contribution in [-0.2, 0) is 10.2 Å². The normalized spacial score (nSPS) is 16.4. The van der Waals surface area contributed by atoms with Gasteiger partial charge in [0.1, 0.15) is 0 Å². The number of anilines is 2. The number of ether oxygens (including phenoxy) is 1. The van der Waals surface area contributed by atoms with Gasteiger partial charge in [-0.05, 0) is 41.3 Å². The molecular weight excluding hydrogens is 470 g/mol. The topological polar surface area (TPSA) is 94.2 Å². The standard InChI is InChI=1S/C28H37N5O4/c1-28(2,3)22-8-5-20(6-9-22)25(34)30-23-19-21(26(35)32-13-11-29-12-14-32)7-10-24(23)31-15-17-33(18-16-31)27(36)37-4/h5-10,19,29H,11-18H2,1-4H3,(H,30,34). The first-order chi connectivity index (χ1) is 17.7. The highest BCUT2D eigenvalue weighted by atomic mass is 16.5. The first-order valence-electron chi connectivity index (χ1n) is 12.8. The van der Waals surface area contributed by atoms with Crippen molar-refractivity contribution in [3.8, 4) is 0 Å². The Bertz CT molecular complexity index is 1130. The Kier molecular flexibility index (Phi) is 8.02. The van der Waals surface area contributed by atoms with E-state index in [0.29, 0.717) is 56.1 Å². The Morgan fingerprint density at radius 1 is 0.838 bits per heavy atom. The van der Waals surface area contributed by atoms with Crippen molar-refractivity contribution in [1.29, 1.82) is 0 Å². The molecular formula is C28H37N5O4. The molecule has 2 aliphatic rings. The Morgan fingerprint density at radius 3 is 2.05 bits per heavy atom. The molecule has 0 saturated carbocycles. The lowest BCUT2D eigenvalue weighted by atomic mass is 9.86. The summed E-state index contributed by atoms with van der Waals surface area (Å²) in [6, 6.07) is 13.1. The molecule has 3 amide bonds. The SMILES string of the molecule is COC(=O)N1CCN(c2ccc(C(=O)N3CCNCC3)cc2NC(=O)c2ccc(C(C)(C)C)cc2)CC1. The van der Waals surface area contributed by atoms with Crippen LogP contribution in [0.3, 0.4) is 0 Å². The molecule has 2 aromatic rings. The predicted octanol–water partition coefficient (Wildman–Crippen LogP) is 3.17. The smallest absolute Gasteiger partial charge is 0.409 e. The third-order valence-electron chi connectivity index (χ3n) is 6.96. The average molecular weight is 508 g/mol. The molecule has 2 saturated heterocycles. The van der Waals surface area contributed by atoms with Crippen molar-refractivity contribution >= 4 is 29.3 Å². The van der Waals surface area contributed by atoms with Crippen LogP contribution in [0, 0.1) is 0 Å². The molecule has 37 heavy (non-hydrogen) atoms. The van der Waals surface area contributed by atoms with E-state index in [4.69, 9.17) is 4.74 Å². The summed E-state index contributed by atoms with van der Waals surface area (Å²) in [5.41, 5.74) is 3.63. The van der Waals surface area contributed by atoms with Crippen LogP contribution in [0.5, 0.6) is 0 Å². The number of benzene rings is 2. The molecule has 0 atom stereocenters. The third-order valence-corrected chi connectivity index (χ3v) is 6.96. The summed E-state index contributed by atoms with van der Waals surface area (Å²) in [5, 5.41) is 6.32. The highest BCUT2D eigenvalue weighted by molar-refractivity contribution is 6.07. The van der Waals surface area contributed by atoms with Gasteiger partial charge >= 0.3 is 6.09 Å². The summed E-state index contributed by atoms with van der Waals surface area (Å²) in [7, 11) is 1.38. The monoisotopic (exact) mass is 507 g/mol. The van der Waals surface area contributed by atoms with Gasteiger partial charge in [-0.2, -0.15) is 0 Å². The van der Waals surface area contributed by atoms with Crippen LogP contribution in [0.4, 0.5) is 16.2 Å². The van der Waals surface area contributed by atoms with Gasteiger partial charge in [0, 0.05) is 63.5 Å². The molecule has 9 nitrogen and oxygen atoms in total. The number of piperazine rings is 2. The van der Waals surface area contributed by atoms with Crippen LogP contribution < -0.4 is 15.5 Å². The van der Waals surface area contributed by atoms with Gasteiger partial charge in [0.15, 0.2) is 0 Å². The largest absolute Gasteiger partial charge is 0.453 e. The zero-order valence-electron chi connectivity index (χ0n) is 22.2. The van der Waals surface area contributed by atoms with E-state index in [1.54, 1.807) is 11.0 Å². The molecule has 0 bridgehead atoms. The number of hydrogen-bond donors (Lipinski definition) is 2. The molecule has 2 N–H and O–H groups in total. The quantitative estimate of drug-likeness (QED) is 0.660. The fraction of sp³-hybridized carbons (Fsp3) is 0.464. The van der Waals surface area contributed by atoms with E-state index in [2.05, 4.69) is 36.3 Å². The molecule has 0 unspecified atom stereocenters. The maximum atomic E-state index is 13.3. The van der Waals surface area contributed by atoms with Gasteiger partial charge in [0.2, 0.25) is 0 Å². The van der Waals surface area contributed by atoms with Crippen molar-refractivity contribution in [1.82, 2.24) is 15.1 Å². The van der Waals surface area contributed by atoms with E-state index in [9.17, 15) is 14.4 Å². The maximum absolute atomic E-state index is 13.3. The second-order valence-electron chi connectivity index (χ2n) is 10.5. The third kappa shape index (κ3) is 6.22. The van der Waals surface area contributed by atoms with Crippen molar-refractivity contribution in [3.05, 3.63) is 59.2 Å². The second-order valence-corrected chi connectivity index (χ2v) is 10.5. The van der Waals surface area contributed by atoms with Crippen molar-refractivity contribution < 1.29 is 19.1 Å². The fourth-order valence-electron chi connectivity index (χ4n) is 4.67. The van der Waals surface area contributed by atoms with E-state index >= 15 is 0 Å². The van der Waals surface area contributed by atoms with Crippen LogP contribution in [0.15, 0.2) is 42.5 Å². The molecule has 2 fully saturated rings. The van der Waals surface area contributed by atoms with Gasteiger partial charge in [-0.15, -0.1) is 0 Å². The first-order valence-corrected chi connectivity index (χ1v) is 12.8. The summed E-state index contributed by atoms with van der Waals surface area (Å²) in [4.78, 5) is 44.0. The first kappa shape index (κ1) is 26.5. The van der Waals surface area contributed by atoms with Crippen molar-refractivity contribution in [3.63, 3.8) is 0 Å². The molecule has 9 heteroatoms. The lowest BCUT2D eigenvalue weighted by Crippen LogP contribution is -2.49. The summed E-state index contributed by atoms with van der Waals surface area (Å²) < 4.78 is 4.85. The van der Waals surface area contributed by atoms with Gasteiger partial charge < -0.3 is 30.1 Å². The van der Waals surface area contributed by atoms with Gasteiger partial charge in [-0.3, -0.25) is 9.59 Å². The van der Waals surface area contributed by atoms with E-state index in [1.807, 2.05) is 41.3 Å². The number of nitrogens with zero attached hydrogens (tertiary/aromatic N) is 3. The van der Waals surface area contributed by atoms with E-state index < -0.39 is 0 Å². The number of amides is 3. The Labute approximate surface area is 218 Å². The van der Waals surface area contributed by atoms with E-state index in [1.165, 1.54) is 7.11 Å². The summed E-state index contributed by atoms with van der Waals surface area (Å²) in [6.07, 6.45) is -0.344. The van der Waals surface area contributed by atoms with Crippen molar-refractivity contribution in [2.75, 3.05) is 69.7 Å². The van der Waals surface area contributed by atoms with E-state index in [-0.39, 0.29) is 23.3 Å². The number of nitrogens with one attached hydrogen (secondary N) is 2. The van der Waals surface area contributed by atoms with Gasteiger partial charge in [-0.1, -0.05) is 32.9 Å². The molecule has 0 radical (unpaired) electrons. The zero-order valence-corrected chi connectivity index (χ0v) is 22.2.